The molecule has 0 aliphatic carbocycles. The number of hydrogen-bond acceptors (Lipinski definition) is 14. The molecule has 10 atom stereocenters. The molecular weight excluding hydrogens is 919 g/mol. The second-order valence-electron chi connectivity index (χ2n) is 17.7. The Labute approximate surface area is 409 Å². The summed E-state index contributed by atoms with van der Waals surface area (Å²) in [6.45, 7) is 10.8. The molecule has 0 heterocycles. The number of amides is 7. The first-order chi connectivity index (χ1) is 32.8. The van der Waals surface area contributed by atoms with Crippen molar-refractivity contribution in [3.63, 3.8) is 0 Å². The van der Waals surface area contributed by atoms with Gasteiger partial charge in [0.15, 0.2) is 5.96 Å². The Bertz CT molecular complexity index is 1750. The summed E-state index contributed by atoms with van der Waals surface area (Å²) in [6.07, 6.45) is 0.232. The standard InChI is InChI=1S/C44H81N13O13/c1-7-24(5)33(47)40(66)56-34(23(3)4)41(67)52-27(16-13-21-50-44(48)49)37(63)55-30(22-32(60)61)39(65)57-35(25(6)8-2)42(68)53-26(14-9-11-19-45)36(62)51-28(17-18-31(58)59)38(64)54-29(43(69)70)15-10-12-20-46/h23-30,33-35H,7-22,45-47H2,1-6H3,(H,51,62)(H,52,67)(H,53,68)(H,54,64)(H,55,63)(H,56,66)(H,57,65)(H,58,59)(H,60,61)(H,69,70)(H4,48,49,50)/t24-,25-,26-,27-,28-,29-,30-,33-,34-,35-/m0/s1. The molecule has 0 aromatic rings. The van der Waals surface area contributed by atoms with Crippen LogP contribution >= 0.6 is 0 Å². The maximum atomic E-state index is 14.1. The van der Waals surface area contributed by atoms with E-state index in [0.29, 0.717) is 25.7 Å². The summed E-state index contributed by atoms with van der Waals surface area (Å²) >= 11 is 0. The van der Waals surface area contributed by atoms with Crippen LogP contribution in [0.5, 0.6) is 0 Å². The smallest absolute Gasteiger partial charge is 0.326 e. The molecule has 70 heavy (non-hydrogen) atoms. The van der Waals surface area contributed by atoms with Crippen LogP contribution in [0.25, 0.3) is 0 Å². The number of carboxylic acids is 3. The van der Waals surface area contributed by atoms with Gasteiger partial charge < -0.3 is 80.8 Å². The normalized spacial score (nSPS) is 15.4. The predicted octanol–water partition coefficient (Wildman–Crippen LogP) is -2.60. The fraction of sp³-hybridized carbons (Fsp3) is 0.750. The van der Waals surface area contributed by atoms with E-state index < -0.39 is 139 Å². The van der Waals surface area contributed by atoms with Gasteiger partial charge in [0.2, 0.25) is 41.4 Å². The molecule has 26 heteroatoms. The van der Waals surface area contributed by atoms with Crippen LogP contribution < -0.4 is 65.5 Å². The van der Waals surface area contributed by atoms with Gasteiger partial charge in [0.1, 0.15) is 42.3 Å². The zero-order chi connectivity index (χ0) is 53.7. The molecule has 0 aliphatic rings. The van der Waals surface area contributed by atoms with Crippen molar-refractivity contribution in [3.8, 4) is 0 Å². The number of carbonyl (C=O) groups is 10. The minimum absolute atomic E-state index is 0.000726. The van der Waals surface area contributed by atoms with Crippen LogP contribution in [0.1, 0.15) is 125 Å². The van der Waals surface area contributed by atoms with E-state index in [1.807, 2.05) is 6.92 Å². The van der Waals surface area contributed by atoms with E-state index >= 15 is 0 Å². The van der Waals surface area contributed by atoms with Gasteiger partial charge >= 0.3 is 17.9 Å². The molecular formula is C44H81N13O13. The van der Waals surface area contributed by atoms with E-state index in [1.165, 1.54) is 0 Å². The highest BCUT2D eigenvalue weighted by atomic mass is 16.4. The van der Waals surface area contributed by atoms with Crippen molar-refractivity contribution in [1.29, 1.82) is 5.41 Å². The van der Waals surface area contributed by atoms with E-state index in [0.717, 1.165) is 0 Å². The fourth-order valence-corrected chi connectivity index (χ4v) is 6.82. The maximum absolute atomic E-state index is 14.1. The van der Waals surface area contributed by atoms with Crippen molar-refractivity contribution in [2.75, 3.05) is 19.6 Å². The fourth-order valence-electron chi connectivity index (χ4n) is 6.82. The van der Waals surface area contributed by atoms with Crippen molar-refractivity contribution >= 4 is 65.2 Å². The van der Waals surface area contributed by atoms with Gasteiger partial charge in [0, 0.05) is 13.0 Å². The van der Waals surface area contributed by atoms with Crippen LogP contribution in [-0.2, 0) is 47.9 Å². The van der Waals surface area contributed by atoms with E-state index in [4.69, 9.17) is 28.3 Å². The molecule has 0 radical (unpaired) electrons. The van der Waals surface area contributed by atoms with E-state index in [2.05, 4.69) is 42.5 Å². The molecule has 0 unspecified atom stereocenters. The monoisotopic (exact) mass is 1000 g/mol. The van der Waals surface area contributed by atoms with Crippen LogP contribution in [0.3, 0.4) is 0 Å². The van der Waals surface area contributed by atoms with Gasteiger partial charge in [-0.25, -0.2) is 4.79 Å². The molecule has 0 aromatic carbocycles. The highest BCUT2D eigenvalue weighted by molar-refractivity contribution is 5.98. The minimum atomic E-state index is -1.84. The van der Waals surface area contributed by atoms with Crippen LogP contribution in [0, 0.1) is 23.2 Å². The summed E-state index contributed by atoms with van der Waals surface area (Å²) in [5, 5.41) is 56.3. The lowest BCUT2D eigenvalue weighted by molar-refractivity contribution is -0.143. The van der Waals surface area contributed by atoms with Crippen molar-refractivity contribution in [3.05, 3.63) is 0 Å². The summed E-state index contributed by atoms with van der Waals surface area (Å²) in [7, 11) is 0. The van der Waals surface area contributed by atoms with E-state index in [9.17, 15) is 63.3 Å². The van der Waals surface area contributed by atoms with Crippen molar-refractivity contribution < 1.29 is 63.3 Å². The van der Waals surface area contributed by atoms with Crippen LogP contribution in [-0.4, -0.2) is 149 Å². The lowest BCUT2D eigenvalue weighted by Crippen LogP contribution is -2.61. The predicted molar refractivity (Wildman–Crippen MR) is 257 cm³/mol. The second kappa shape index (κ2) is 34.2. The van der Waals surface area contributed by atoms with Gasteiger partial charge in [-0.05, 0) is 88.6 Å². The average molecular weight is 1000 g/mol. The quantitative estimate of drug-likeness (QED) is 0.0172. The molecule has 0 aliphatic heterocycles. The Balaban J connectivity index is 6.74. The number of nitrogens with two attached hydrogens (primary N) is 4. The van der Waals surface area contributed by atoms with Crippen molar-refractivity contribution in [2.24, 2.45) is 40.7 Å². The molecule has 0 saturated heterocycles. The first kappa shape index (κ1) is 63.8. The molecule has 0 spiro atoms. The number of rotatable bonds is 37. The summed E-state index contributed by atoms with van der Waals surface area (Å²) < 4.78 is 0. The summed E-state index contributed by atoms with van der Waals surface area (Å²) in [5.74, 6) is -12.3. The molecule has 0 aromatic heterocycles. The average Bonchev–Trinajstić information content (AvgIpc) is 3.29. The zero-order valence-electron chi connectivity index (χ0n) is 41.4. The third-order valence-corrected chi connectivity index (χ3v) is 11.7. The number of hydrogen-bond donors (Lipinski definition) is 16. The summed E-state index contributed by atoms with van der Waals surface area (Å²) in [5.41, 5.74) is 22.7. The number of carbonyl (C=O) groups excluding carboxylic acids is 7. The molecule has 0 bridgehead atoms. The largest absolute Gasteiger partial charge is 0.481 e. The number of aliphatic carboxylic acids is 3. The Morgan fingerprint density at radius 1 is 0.500 bits per heavy atom. The lowest BCUT2D eigenvalue weighted by atomic mass is 9.96. The van der Waals surface area contributed by atoms with Crippen molar-refractivity contribution in [1.82, 2.24) is 42.5 Å². The van der Waals surface area contributed by atoms with Gasteiger partial charge in [-0.2, -0.15) is 0 Å². The Kier molecular flexibility index (Phi) is 31.2. The van der Waals surface area contributed by atoms with Crippen LogP contribution in [0.15, 0.2) is 0 Å². The summed E-state index contributed by atoms with van der Waals surface area (Å²) in [6, 6.07) is -11.2. The molecule has 26 nitrogen and oxygen atoms in total. The molecule has 7 amide bonds. The Morgan fingerprint density at radius 2 is 0.914 bits per heavy atom. The molecule has 0 saturated carbocycles. The van der Waals surface area contributed by atoms with E-state index in [1.54, 1.807) is 34.6 Å². The van der Waals surface area contributed by atoms with Crippen LogP contribution in [0.4, 0.5) is 0 Å². The second-order valence-corrected chi connectivity index (χ2v) is 17.7. The SMILES string of the molecule is CC[C@H](C)[C@H](N)C(=O)N[C@H](C(=O)N[C@@H](CCCNC(=N)N)C(=O)N[C@@H](CC(=O)O)C(=O)N[C@H](C(=O)N[C@@H](CCCCN)C(=O)N[C@@H](CCC(=O)O)C(=O)N[C@@H](CCCCN)C(=O)O)[C@@H](C)CC)C(C)C. The molecule has 0 fully saturated rings. The zero-order valence-corrected chi connectivity index (χ0v) is 41.4. The number of carboxylic acid groups (broad SMARTS) is 3. The highest BCUT2D eigenvalue weighted by Crippen LogP contribution is 2.14. The molecule has 0 rings (SSSR count). The minimum Gasteiger partial charge on any atom is -0.481 e. The third kappa shape index (κ3) is 24.9. The van der Waals surface area contributed by atoms with Gasteiger partial charge in [-0.15, -0.1) is 0 Å². The third-order valence-electron chi connectivity index (χ3n) is 11.7. The van der Waals surface area contributed by atoms with E-state index in [-0.39, 0.29) is 70.0 Å². The Hall–Kier alpha value is -6.15. The topological polar surface area (TPSA) is 456 Å². The first-order valence-electron chi connectivity index (χ1n) is 23.9. The van der Waals surface area contributed by atoms with Gasteiger partial charge in [0.25, 0.3) is 0 Å². The summed E-state index contributed by atoms with van der Waals surface area (Å²) in [4.78, 5) is 132. The highest BCUT2D eigenvalue weighted by Gasteiger charge is 2.37. The maximum Gasteiger partial charge on any atom is 0.326 e. The molecule has 400 valence electrons. The van der Waals surface area contributed by atoms with Crippen molar-refractivity contribution in [2.45, 2.75) is 173 Å². The van der Waals surface area contributed by atoms with Gasteiger partial charge in [-0.3, -0.25) is 48.6 Å². The number of unbranched alkanes of at least 4 members (excludes halogenated alkanes) is 2. The van der Waals surface area contributed by atoms with Gasteiger partial charge in [0.05, 0.1) is 12.5 Å². The molecule has 20 N–H and O–H groups in total. The number of guanidine groups is 1. The number of nitrogens with one attached hydrogen (secondary N) is 9. The van der Waals surface area contributed by atoms with Gasteiger partial charge in [-0.1, -0.05) is 54.4 Å². The van der Waals surface area contributed by atoms with Crippen LogP contribution in [0.2, 0.25) is 0 Å². The lowest BCUT2D eigenvalue weighted by Gasteiger charge is -2.30. The Morgan fingerprint density at radius 3 is 1.36 bits per heavy atom. The first-order valence-corrected chi connectivity index (χ1v) is 23.9.